The number of nitrogens with zero attached hydrogens (tertiary/aromatic N) is 1. The molecule has 2 aromatic carbocycles. The van der Waals surface area contributed by atoms with E-state index in [-0.39, 0.29) is 0 Å². The molecule has 130 valence electrons. The van der Waals surface area contributed by atoms with Crippen LogP contribution in [0, 0.1) is 0 Å². The molecule has 2 aromatic rings. The maximum absolute atomic E-state index is 11.2. The van der Waals surface area contributed by atoms with Gasteiger partial charge in [-0.3, -0.25) is 9.59 Å². The Hall–Kier alpha value is -2.42. The smallest absolute Gasteiger partial charge is 0.150 e. The van der Waals surface area contributed by atoms with Gasteiger partial charge in [0.05, 0.1) is 0 Å². The molecule has 3 heteroatoms. The minimum absolute atomic E-state index is 0.726. The van der Waals surface area contributed by atoms with Crippen LogP contribution in [0.1, 0.15) is 64.4 Å². The average molecular weight is 335 g/mol. The lowest BCUT2D eigenvalue weighted by Crippen LogP contribution is -2.20. The SMILES string of the molecule is CCCCCCN1c2ccc(C=O)cc2CCc2cc(C=O)ccc21. The third-order valence-electron chi connectivity index (χ3n) is 4.96. The summed E-state index contributed by atoms with van der Waals surface area (Å²) in [7, 11) is 0. The largest absolute Gasteiger partial charge is 0.341 e. The molecule has 0 aliphatic carbocycles. The van der Waals surface area contributed by atoms with Crippen LogP contribution < -0.4 is 4.90 Å². The molecule has 3 rings (SSSR count). The number of rotatable bonds is 7. The van der Waals surface area contributed by atoms with Crippen molar-refractivity contribution in [3.63, 3.8) is 0 Å². The molecule has 0 spiro atoms. The van der Waals surface area contributed by atoms with Crippen LogP contribution in [0.15, 0.2) is 36.4 Å². The molecule has 1 aliphatic rings. The van der Waals surface area contributed by atoms with Crippen LogP contribution in [0.4, 0.5) is 11.4 Å². The first-order valence-corrected chi connectivity index (χ1v) is 9.20. The number of anilines is 2. The Morgan fingerprint density at radius 2 is 1.40 bits per heavy atom. The van der Waals surface area contributed by atoms with E-state index in [4.69, 9.17) is 0 Å². The lowest BCUT2D eigenvalue weighted by molar-refractivity contribution is 0.111. The molecule has 0 saturated heterocycles. The van der Waals surface area contributed by atoms with E-state index in [9.17, 15) is 9.59 Å². The van der Waals surface area contributed by atoms with Gasteiger partial charge in [-0.2, -0.15) is 0 Å². The second-order valence-corrected chi connectivity index (χ2v) is 6.72. The lowest BCUT2D eigenvalue weighted by atomic mass is 10.0. The highest BCUT2D eigenvalue weighted by Crippen LogP contribution is 2.37. The maximum Gasteiger partial charge on any atom is 0.150 e. The van der Waals surface area contributed by atoms with E-state index in [0.29, 0.717) is 0 Å². The van der Waals surface area contributed by atoms with E-state index in [1.165, 1.54) is 41.8 Å². The van der Waals surface area contributed by atoms with Crippen molar-refractivity contribution < 1.29 is 9.59 Å². The number of hydrogen-bond donors (Lipinski definition) is 0. The zero-order chi connectivity index (χ0) is 17.6. The van der Waals surface area contributed by atoms with Gasteiger partial charge in [-0.15, -0.1) is 0 Å². The molecule has 1 heterocycles. The molecule has 0 atom stereocenters. The van der Waals surface area contributed by atoms with Gasteiger partial charge in [0, 0.05) is 29.0 Å². The molecule has 3 nitrogen and oxygen atoms in total. The second-order valence-electron chi connectivity index (χ2n) is 6.72. The minimum Gasteiger partial charge on any atom is -0.341 e. The van der Waals surface area contributed by atoms with Crippen molar-refractivity contribution in [1.29, 1.82) is 0 Å². The van der Waals surface area contributed by atoms with Crippen LogP contribution in [0.3, 0.4) is 0 Å². The number of carbonyl (C=O) groups is 2. The van der Waals surface area contributed by atoms with Crippen molar-refractivity contribution in [3.8, 4) is 0 Å². The maximum atomic E-state index is 11.2. The normalized spacial score (nSPS) is 12.9. The number of benzene rings is 2. The summed E-state index contributed by atoms with van der Waals surface area (Å²) >= 11 is 0. The van der Waals surface area contributed by atoms with Crippen molar-refractivity contribution in [3.05, 3.63) is 58.7 Å². The van der Waals surface area contributed by atoms with E-state index in [1.807, 2.05) is 24.3 Å². The highest BCUT2D eigenvalue weighted by atomic mass is 16.1. The Kier molecular flexibility index (Phi) is 5.64. The molecular formula is C22H25NO2. The molecule has 0 aromatic heterocycles. The van der Waals surface area contributed by atoms with Gasteiger partial charge in [0.1, 0.15) is 12.6 Å². The molecule has 1 aliphatic heterocycles. The molecular weight excluding hydrogens is 310 g/mol. The van der Waals surface area contributed by atoms with Gasteiger partial charge < -0.3 is 4.90 Å². The minimum atomic E-state index is 0.726. The molecule has 0 amide bonds. The Morgan fingerprint density at radius 3 is 1.88 bits per heavy atom. The van der Waals surface area contributed by atoms with E-state index >= 15 is 0 Å². The third kappa shape index (κ3) is 3.81. The molecule has 0 fully saturated rings. The van der Waals surface area contributed by atoms with Crippen molar-refractivity contribution >= 4 is 23.9 Å². The van der Waals surface area contributed by atoms with E-state index < -0.39 is 0 Å². The Labute approximate surface area is 149 Å². The van der Waals surface area contributed by atoms with Crippen LogP contribution in [-0.4, -0.2) is 19.1 Å². The van der Waals surface area contributed by atoms with Crippen LogP contribution in [-0.2, 0) is 12.8 Å². The quantitative estimate of drug-likeness (QED) is 0.520. The highest BCUT2D eigenvalue weighted by molar-refractivity contribution is 5.81. The average Bonchev–Trinajstić information content (AvgIpc) is 2.81. The van der Waals surface area contributed by atoms with Crippen molar-refractivity contribution in [2.45, 2.75) is 45.4 Å². The van der Waals surface area contributed by atoms with Gasteiger partial charge in [-0.1, -0.05) is 26.2 Å². The number of aryl methyl sites for hydroxylation is 2. The van der Waals surface area contributed by atoms with E-state index in [2.05, 4.69) is 24.0 Å². The Balaban J connectivity index is 1.99. The predicted octanol–water partition coefficient (Wildman–Crippen LogP) is 5.13. The number of hydrogen-bond acceptors (Lipinski definition) is 3. The fourth-order valence-corrected chi connectivity index (χ4v) is 3.62. The highest BCUT2D eigenvalue weighted by Gasteiger charge is 2.21. The number of aldehydes is 2. The molecule has 0 bridgehead atoms. The summed E-state index contributed by atoms with van der Waals surface area (Å²) in [5, 5.41) is 0. The molecule has 25 heavy (non-hydrogen) atoms. The predicted molar refractivity (Wildman–Crippen MR) is 102 cm³/mol. The molecule has 0 N–H and O–H groups in total. The summed E-state index contributed by atoms with van der Waals surface area (Å²) in [6, 6.07) is 12.0. The lowest BCUT2D eigenvalue weighted by Gasteiger charge is -2.27. The Morgan fingerprint density at radius 1 is 0.840 bits per heavy atom. The fraction of sp³-hybridized carbons (Fsp3) is 0.364. The number of fused-ring (bicyclic) bond motifs is 2. The molecule has 0 radical (unpaired) electrons. The topological polar surface area (TPSA) is 37.4 Å². The van der Waals surface area contributed by atoms with Gasteiger partial charge in [0.15, 0.2) is 0 Å². The van der Waals surface area contributed by atoms with Crippen LogP contribution >= 0.6 is 0 Å². The molecule has 0 unspecified atom stereocenters. The summed E-state index contributed by atoms with van der Waals surface area (Å²) < 4.78 is 0. The van der Waals surface area contributed by atoms with E-state index in [1.54, 1.807) is 0 Å². The van der Waals surface area contributed by atoms with Crippen LogP contribution in [0.5, 0.6) is 0 Å². The monoisotopic (exact) mass is 335 g/mol. The standard InChI is InChI=1S/C22H25NO2/c1-2-3-4-5-12-23-21-10-6-17(15-24)13-19(21)8-9-20-14-18(16-25)7-11-22(20)23/h6-7,10-11,13-16H,2-5,8-9,12H2,1H3. The van der Waals surface area contributed by atoms with Gasteiger partial charge in [0.2, 0.25) is 0 Å². The first kappa shape index (κ1) is 17.4. The first-order valence-electron chi connectivity index (χ1n) is 9.20. The zero-order valence-electron chi connectivity index (χ0n) is 14.8. The summed E-state index contributed by atoms with van der Waals surface area (Å²) in [6.07, 6.45) is 8.42. The van der Waals surface area contributed by atoms with Crippen LogP contribution in [0.25, 0.3) is 0 Å². The first-order chi connectivity index (χ1) is 12.3. The summed E-state index contributed by atoms with van der Waals surface area (Å²) in [6.45, 7) is 3.18. The summed E-state index contributed by atoms with van der Waals surface area (Å²) in [5.41, 5.74) is 6.26. The number of unbranched alkanes of at least 4 members (excludes halogenated alkanes) is 3. The Bertz CT molecular complexity index is 707. The second kappa shape index (κ2) is 8.11. The van der Waals surface area contributed by atoms with Gasteiger partial charge in [-0.05, 0) is 66.8 Å². The van der Waals surface area contributed by atoms with Crippen LogP contribution in [0.2, 0.25) is 0 Å². The number of carbonyl (C=O) groups excluding carboxylic acids is 2. The summed E-state index contributed by atoms with van der Waals surface area (Å²) in [4.78, 5) is 24.7. The molecule has 0 saturated carbocycles. The van der Waals surface area contributed by atoms with Gasteiger partial charge in [-0.25, -0.2) is 0 Å². The van der Waals surface area contributed by atoms with Crippen molar-refractivity contribution in [1.82, 2.24) is 0 Å². The van der Waals surface area contributed by atoms with Gasteiger partial charge >= 0.3 is 0 Å². The summed E-state index contributed by atoms with van der Waals surface area (Å²) in [5.74, 6) is 0. The zero-order valence-corrected chi connectivity index (χ0v) is 14.8. The van der Waals surface area contributed by atoms with E-state index in [0.717, 1.165) is 49.5 Å². The van der Waals surface area contributed by atoms with Gasteiger partial charge in [0.25, 0.3) is 0 Å². The third-order valence-corrected chi connectivity index (χ3v) is 4.96. The van der Waals surface area contributed by atoms with Crippen molar-refractivity contribution in [2.75, 3.05) is 11.4 Å². The van der Waals surface area contributed by atoms with Crippen molar-refractivity contribution in [2.24, 2.45) is 0 Å². The fourth-order valence-electron chi connectivity index (χ4n) is 3.62.